The van der Waals surface area contributed by atoms with Gasteiger partial charge < -0.3 is 14.5 Å². The Morgan fingerprint density at radius 1 is 1.24 bits per heavy atom. The van der Waals surface area contributed by atoms with Gasteiger partial charge in [0.25, 0.3) is 5.91 Å². The molecule has 0 aliphatic heterocycles. The molecule has 1 aromatic carbocycles. The first-order valence-corrected chi connectivity index (χ1v) is 9.80. The van der Waals surface area contributed by atoms with Crippen molar-refractivity contribution < 1.29 is 18.7 Å². The van der Waals surface area contributed by atoms with Gasteiger partial charge in [0, 0.05) is 22.7 Å². The molecule has 1 aliphatic carbocycles. The molecule has 1 heterocycles. The maximum atomic E-state index is 12.4. The second-order valence-electron chi connectivity index (χ2n) is 6.86. The first-order valence-electron chi connectivity index (χ1n) is 9.42. The summed E-state index contributed by atoms with van der Waals surface area (Å²) in [5.74, 6) is -0.222. The van der Waals surface area contributed by atoms with E-state index >= 15 is 0 Å². The van der Waals surface area contributed by atoms with Crippen LogP contribution in [0.3, 0.4) is 0 Å². The highest BCUT2D eigenvalue weighted by Crippen LogP contribution is 2.30. The number of carbonyl (C=O) groups is 2. The number of carbonyl (C=O) groups excluding carboxylic acids is 2. The fraction of sp³-hybridized carbons (Fsp3) is 0.318. The van der Waals surface area contributed by atoms with Crippen LogP contribution in [0.2, 0.25) is 5.02 Å². The maximum absolute atomic E-state index is 12.4. The van der Waals surface area contributed by atoms with Crippen LogP contribution in [-0.4, -0.2) is 25.0 Å². The number of nitrogens with zero attached hydrogens (tertiary/aromatic N) is 1. The molecule has 6 nitrogen and oxygen atoms in total. The lowest BCUT2D eigenvalue weighted by atomic mass is 9.95. The summed E-state index contributed by atoms with van der Waals surface area (Å²) >= 11 is 6.06. The smallest absolute Gasteiger partial charge is 0.338 e. The lowest BCUT2D eigenvalue weighted by Gasteiger charge is -2.22. The average molecular weight is 413 g/mol. The topological polar surface area (TPSA) is 92.3 Å². The van der Waals surface area contributed by atoms with Crippen LogP contribution < -0.4 is 5.32 Å². The number of methoxy groups -OCH3 is 1. The number of rotatable bonds is 5. The van der Waals surface area contributed by atoms with Crippen molar-refractivity contribution in [2.24, 2.45) is 0 Å². The molecule has 1 fully saturated rings. The van der Waals surface area contributed by atoms with Crippen LogP contribution in [0.25, 0.3) is 17.4 Å². The molecule has 150 valence electrons. The molecule has 1 saturated carbocycles. The predicted octanol–water partition coefficient (Wildman–Crippen LogP) is 4.74. The minimum Gasteiger partial charge on any atom is -0.465 e. The van der Waals surface area contributed by atoms with E-state index in [-0.39, 0.29) is 11.6 Å². The highest BCUT2D eigenvalue weighted by molar-refractivity contribution is 6.31. The number of amides is 1. The van der Waals surface area contributed by atoms with E-state index in [9.17, 15) is 14.9 Å². The standard InChI is InChI=1S/C22H21ClN2O4/c1-28-22(27)18-9-7-15(23)12-19(18)20-10-8-17(29-20)11-14(13-24)21(26)25-16-5-3-2-4-6-16/h7-12,16H,2-6H2,1H3,(H,25,26)/b14-11+. The first-order chi connectivity index (χ1) is 14.0. The summed E-state index contributed by atoms with van der Waals surface area (Å²) in [7, 11) is 1.29. The molecule has 29 heavy (non-hydrogen) atoms. The minimum absolute atomic E-state index is 0.0317. The van der Waals surface area contributed by atoms with E-state index in [1.165, 1.54) is 19.6 Å². The lowest BCUT2D eigenvalue weighted by molar-refractivity contribution is -0.117. The largest absolute Gasteiger partial charge is 0.465 e. The fourth-order valence-corrected chi connectivity index (χ4v) is 3.56. The Morgan fingerprint density at radius 2 is 2.00 bits per heavy atom. The summed E-state index contributed by atoms with van der Waals surface area (Å²) in [6.07, 6.45) is 6.60. The Hall–Kier alpha value is -3.04. The van der Waals surface area contributed by atoms with Crippen molar-refractivity contribution in [2.45, 2.75) is 38.1 Å². The van der Waals surface area contributed by atoms with Gasteiger partial charge in [-0.1, -0.05) is 30.9 Å². The summed E-state index contributed by atoms with van der Waals surface area (Å²) in [5, 5.41) is 12.8. The van der Waals surface area contributed by atoms with Crippen molar-refractivity contribution in [2.75, 3.05) is 7.11 Å². The normalized spacial score (nSPS) is 14.9. The Kier molecular flexibility index (Phi) is 6.73. The third-order valence-electron chi connectivity index (χ3n) is 4.87. The molecule has 1 aliphatic rings. The molecule has 0 atom stereocenters. The summed E-state index contributed by atoms with van der Waals surface area (Å²) in [6.45, 7) is 0. The molecular formula is C22H21ClN2O4. The van der Waals surface area contributed by atoms with E-state index < -0.39 is 11.9 Å². The van der Waals surface area contributed by atoms with Crippen molar-refractivity contribution in [3.8, 4) is 17.4 Å². The second-order valence-corrected chi connectivity index (χ2v) is 7.30. The van der Waals surface area contributed by atoms with Gasteiger partial charge in [0.15, 0.2) is 0 Å². The second kappa shape index (κ2) is 9.44. The van der Waals surface area contributed by atoms with E-state index in [0.717, 1.165) is 25.7 Å². The van der Waals surface area contributed by atoms with E-state index in [0.29, 0.717) is 27.7 Å². The number of hydrogen-bond acceptors (Lipinski definition) is 5. The van der Waals surface area contributed by atoms with Crippen molar-refractivity contribution in [3.05, 3.63) is 52.3 Å². The molecule has 1 N–H and O–H groups in total. The molecule has 3 rings (SSSR count). The van der Waals surface area contributed by atoms with E-state index in [4.69, 9.17) is 20.8 Å². The number of ether oxygens (including phenoxy) is 1. The van der Waals surface area contributed by atoms with Crippen molar-refractivity contribution in [3.63, 3.8) is 0 Å². The van der Waals surface area contributed by atoms with Crippen LogP contribution in [-0.2, 0) is 9.53 Å². The predicted molar refractivity (Wildman–Crippen MR) is 109 cm³/mol. The third-order valence-corrected chi connectivity index (χ3v) is 5.11. The van der Waals surface area contributed by atoms with Gasteiger partial charge in [-0.25, -0.2) is 4.79 Å². The first kappa shape index (κ1) is 20.7. The zero-order valence-corrected chi connectivity index (χ0v) is 16.8. The summed E-state index contributed by atoms with van der Waals surface area (Å²) in [5.41, 5.74) is 0.738. The average Bonchev–Trinajstić information content (AvgIpc) is 3.20. The zero-order chi connectivity index (χ0) is 20.8. The third kappa shape index (κ3) is 5.07. The Bertz CT molecular complexity index is 981. The fourth-order valence-electron chi connectivity index (χ4n) is 3.38. The molecule has 0 saturated heterocycles. The molecule has 1 aromatic heterocycles. The van der Waals surface area contributed by atoms with Gasteiger partial charge in [0.05, 0.1) is 12.7 Å². The summed E-state index contributed by atoms with van der Waals surface area (Å²) in [4.78, 5) is 24.4. The number of halogens is 1. The van der Waals surface area contributed by atoms with Gasteiger partial charge in [-0.2, -0.15) is 5.26 Å². The van der Waals surface area contributed by atoms with Crippen LogP contribution >= 0.6 is 11.6 Å². The molecule has 0 unspecified atom stereocenters. The number of furan rings is 1. The van der Waals surface area contributed by atoms with Crippen LogP contribution in [0.5, 0.6) is 0 Å². The van der Waals surface area contributed by atoms with E-state index in [1.54, 1.807) is 30.3 Å². The van der Waals surface area contributed by atoms with E-state index in [1.807, 2.05) is 6.07 Å². The van der Waals surface area contributed by atoms with Gasteiger partial charge >= 0.3 is 5.97 Å². The van der Waals surface area contributed by atoms with Crippen molar-refractivity contribution >= 4 is 29.6 Å². The van der Waals surface area contributed by atoms with E-state index in [2.05, 4.69) is 5.32 Å². The Morgan fingerprint density at radius 3 is 2.69 bits per heavy atom. The molecular weight excluding hydrogens is 392 g/mol. The summed E-state index contributed by atoms with van der Waals surface area (Å²) < 4.78 is 10.6. The van der Waals surface area contributed by atoms with Gasteiger partial charge in [0.1, 0.15) is 23.2 Å². The zero-order valence-electron chi connectivity index (χ0n) is 16.0. The van der Waals surface area contributed by atoms with Gasteiger partial charge in [0.2, 0.25) is 0 Å². The molecule has 7 heteroatoms. The van der Waals surface area contributed by atoms with Crippen LogP contribution in [0.4, 0.5) is 0 Å². The highest BCUT2D eigenvalue weighted by atomic mass is 35.5. The molecule has 2 aromatic rings. The van der Waals surface area contributed by atoms with Crippen LogP contribution in [0.1, 0.15) is 48.2 Å². The lowest BCUT2D eigenvalue weighted by Crippen LogP contribution is -2.36. The van der Waals surface area contributed by atoms with Gasteiger partial charge in [-0.05, 0) is 43.2 Å². The number of benzene rings is 1. The SMILES string of the molecule is COC(=O)c1ccc(Cl)cc1-c1ccc(/C=C(\C#N)C(=O)NC2CCCCC2)o1. The molecule has 0 radical (unpaired) electrons. The minimum atomic E-state index is -0.519. The number of hydrogen-bond donors (Lipinski definition) is 1. The Labute approximate surface area is 174 Å². The van der Waals surface area contributed by atoms with Crippen LogP contribution in [0.15, 0.2) is 40.3 Å². The number of esters is 1. The number of nitrogens with one attached hydrogen (secondary N) is 1. The monoisotopic (exact) mass is 412 g/mol. The van der Waals surface area contributed by atoms with Crippen molar-refractivity contribution in [1.29, 1.82) is 5.26 Å². The molecule has 0 spiro atoms. The van der Waals surface area contributed by atoms with Gasteiger partial charge in [-0.15, -0.1) is 0 Å². The van der Waals surface area contributed by atoms with Crippen molar-refractivity contribution in [1.82, 2.24) is 5.32 Å². The summed E-state index contributed by atoms with van der Waals surface area (Å²) in [6, 6.07) is 10.1. The molecule has 0 bridgehead atoms. The quantitative estimate of drug-likeness (QED) is 0.435. The van der Waals surface area contributed by atoms with Gasteiger partial charge in [-0.3, -0.25) is 4.79 Å². The number of nitriles is 1. The van der Waals surface area contributed by atoms with Crippen LogP contribution in [0, 0.1) is 11.3 Å². The maximum Gasteiger partial charge on any atom is 0.338 e. The molecule has 1 amide bonds. The highest BCUT2D eigenvalue weighted by Gasteiger charge is 2.19. The Balaban J connectivity index is 1.83.